The fraction of sp³-hybridized carbons (Fsp3) is 0.200. The quantitative estimate of drug-likeness (QED) is 0.487. The van der Waals surface area contributed by atoms with Gasteiger partial charge in [-0.1, -0.05) is 0 Å². The second-order valence-corrected chi connectivity index (χ2v) is 3.49. The van der Waals surface area contributed by atoms with E-state index in [2.05, 4.69) is 30.8 Å². The van der Waals surface area contributed by atoms with Gasteiger partial charge in [0, 0.05) is 19.0 Å². The molecule has 2 rings (SSSR count). The minimum Gasteiger partial charge on any atom is -0.389 e. The molecule has 0 aliphatic carbocycles. The van der Waals surface area contributed by atoms with Crippen molar-refractivity contribution in [3.63, 3.8) is 0 Å². The molecule has 0 spiro atoms. The van der Waals surface area contributed by atoms with Crippen LogP contribution in [0.4, 0.5) is 11.8 Å². The summed E-state index contributed by atoms with van der Waals surface area (Å²) in [4.78, 5) is 8.29. The van der Waals surface area contributed by atoms with Gasteiger partial charge in [0.15, 0.2) is 5.65 Å². The summed E-state index contributed by atoms with van der Waals surface area (Å²) in [6.45, 7) is 2.73. The number of anilines is 2. The Morgan fingerprint density at radius 2 is 2.39 bits per heavy atom. The van der Waals surface area contributed by atoms with Crippen molar-refractivity contribution in [3.8, 4) is 0 Å². The Balaban J connectivity index is 2.28. The van der Waals surface area contributed by atoms with E-state index in [9.17, 15) is 0 Å². The molecule has 0 radical (unpaired) electrons. The summed E-state index contributed by atoms with van der Waals surface area (Å²) in [5.74, 6) is 0.654. The number of nitrogen functional groups attached to an aromatic ring is 1. The number of fused-ring (bicyclic) bond motifs is 1. The average molecular weight is 246 g/mol. The number of rotatable bonds is 5. The minimum absolute atomic E-state index is 0.317. The lowest BCUT2D eigenvalue weighted by Crippen LogP contribution is -2.11. The largest absolute Gasteiger partial charge is 0.389 e. The molecule has 0 fully saturated rings. The Kier molecular flexibility index (Phi) is 3.37. The summed E-state index contributed by atoms with van der Waals surface area (Å²) in [6, 6.07) is 0. The summed E-state index contributed by atoms with van der Waals surface area (Å²) in [7, 11) is 0. The number of allylic oxidation sites excluding steroid dienone is 1. The van der Waals surface area contributed by atoms with Crippen molar-refractivity contribution in [3.05, 3.63) is 18.1 Å². The Morgan fingerprint density at radius 1 is 1.56 bits per heavy atom. The summed E-state index contributed by atoms with van der Waals surface area (Å²) in [6.07, 6.45) is 4.41. The molecule has 0 aromatic carbocycles. The molecule has 0 saturated heterocycles. The molecule has 6 N–H and O–H groups in total. The van der Waals surface area contributed by atoms with Gasteiger partial charge in [-0.3, -0.25) is 5.10 Å². The number of nitrogens with zero attached hydrogens (tertiary/aromatic N) is 3. The van der Waals surface area contributed by atoms with Crippen molar-refractivity contribution in [1.29, 1.82) is 5.41 Å². The van der Waals surface area contributed by atoms with Crippen LogP contribution in [-0.4, -0.2) is 32.9 Å². The number of nitrogens with one attached hydrogen (secondary N) is 4. The lowest BCUT2D eigenvalue weighted by atomic mass is 10.4. The first-order valence-corrected chi connectivity index (χ1v) is 5.42. The lowest BCUT2D eigenvalue weighted by molar-refractivity contribution is 0.913. The predicted octanol–water partition coefficient (Wildman–Crippen LogP) is 0.447. The van der Waals surface area contributed by atoms with Crippen LogP contribution >= 0.6 is 0 Å². The molecule has 0 amide bonds. The molecule has 8 nitrogen and oxygen atoms in total. The highest BCUT2D eigenvalue weighted by molar-refractivity contribution is 5.86. The first kappa shape index (κ1) is 11.8. The third-order valence-corrected chi connectivity index (χ3v) is 2.21. The van der Waals surface area contributed by atoms with Crippen LogP contribution in [0.15, 0.2) is 18.1 Å². The van der Waals surface area contributed by atoms with Gasteiger partial charge in [0.2, 0.25) is 5.95 Å². The van der Waals surface area contributed by atoms with E-state index >= 15 is 0 Å². The molecule has 2 aromatic heterocycles. The average Bonchev–Trinajstić information content (AvgIpc) is 2.83. The topological polar surface area (TPSA) is 128 Å². The molecular formula is C10H14N8. The van der Waals surface area contributed by atoms with Crippen LogP contribution in [0.25, 0.3) is 11.0 Å². The zero-order chi connectivity index (χ0) is 13.0. The minimum atomic E-state index is 0.317. The van der Waals surface area contributed by atoms with Gasteiger partial charge in [0.1, 0.15) is 5.82 Å². The Morgan fingerprint density at radius 3 is 3.11 bits per heavy atom. The highest BCUT2D eigenvalue weighted by Crippen LogP contribution is 2.16. The smallest absolute Gasteiger partial charge is 0.231 e. The summed E-state index contributed by atoms with van der Waals surface area (Å²) in [5, 5.41) is 20.4. The number of aromatic nitrogens is 4. The molecule has 8 heteroatoms. The van der Waals surface area contributed by atoms with E-state index in [4.69, 9.17) is 11.1 Å². The molecule has 18 heavy (non-hydrogen) atoms. The monoisotopic (exact) mass is 246 g/mol. The van der Waals surface area contributed by atoms with Crippen molar-refractivity contribution in [2.24, 2.45) is 0 Å². The van der Waals surface area contributed by atoms with Gasteiger partial charge in [-0.25, -0.2) is 0 Å². The number of nitrogens with two attached hydrogens (primary N) is 1. The van der Waals surface area contributed by atoms with Gasteiger partial charge in [-0.2, -0.15) is 15.1 Å². The molecule has 0 aliphatic rings. The maximum absolute atomic E-state index is 7.27. The molecule has 0 bridgehead atoms. The van der Waals surface area contributed by atoms with Crippen molar-refractivity contribution in [1.82, 2.24) is 25.5 Å². The third kappa shape index (κ3) is 2.37. The first-order valence-electron chi connectivity index (χ1n) is 5.42. The van der Waals surface area contributed by atoms with Gasteiger partial charge < -0.3 is 21.8 Å². The Hall–Kier alpha value is -2.64. The SMILES string of the molecule is CCN/C=C(\C=N)Nc1nc(N)c2cn[nH]c2n1. The van der Waals surface area contributed by atoms with E-state index in [-0.39, 0.29) is 0 Å². The van der Waals surface area contributed by atoms with E-state index in [0.717, 1.165) is 6.54 Å². The van der Waals surface area contributed by atoms with E-state index in [0.29, 0.717) is 28.5 Å². The number of hydrogen-bond donors (Lipinski definition) is 5. The molecule has 2 heterocycles. The van der Waals surface area contributed by atoms with Gasteiger partial charge in [0.05, 0.1) is 17.3 Å². The van der Waals surface area contributed by atoms with Crippen molar-refractivity contribution >= 4 is 29.0 Å². The first-order chi connectivity index (χ1) is 8.74. The number of hydrogen-bond acceptors (Lipinski definition) is 7. The third-order valence-electron chi connectivity index (χ3n) is 2.21. The molecule has 0 atom stereocenters. The fourth-order valence-corrected chi connectivity index (χ4v) is 1.37. The number of H-pyrrole nitrogens is 1. The molecular weight excluding hydrogens is 232 g/mol. The van der Waals surface area contributed by atoms with Gasteiger partial charge in [-0.05, 0) is 6.92 Å². The Labute approximate surface area is 103 Å². The maximum atomic E-state index is 7.27. The van der Waals surface area contributed by atoms with Crippen LogP contribution in [0, 0.1) is 5.41 Å². The summed E-state index contributed by atoms with van der Waals surface area (Å²) < 4.78 is 0. The van der Waals surface area contributed by atoms with Crippen LogP contribution < -0.4 is 16.4 Å². The predicted molar refractivity (Wildman–Crippen MR) is 70.3 cm³/mol. The van der Waals surface area contributed by atoms with Crippen LogP contribution in [0.3, 0.4) is 0 Å². The second-order valence-electron chi connectivity index (χ2n) is 3.49. The van der Waals surface area contributed by atoms with Crippen molar-refractivity contribution in [2.75, 3.05) is 17.6 Å². The normalized spacial score (nSPS) is 11.5. The summed E-state index contributed by atoms with van der Waals surface area (Å²) >= 11 is 0. The van der Waals surface area contributed by atoms with Gasteiger partial charge in [-0.15, -0.1) is 0 Å². The highest BCUT2D eigenvalue weighted by Gasteiger charge is 2.07. The van der Waals surface area contributed by atoms with Gasteiger partial charge >= 0.3 is 0 Å². The van der Waals surface area contributed by atoms with Crippen molar-refractivity contribution in [2.45, 2.75) is 6.92 Å². The molecule has 94 valence electrons. The van der Waals surface area contributed by atoms with Crippen LogP contribution in [0.5, 0.6) is 0 Å². The standard InChI is InChI=1S/C10H14N8/c1-2-13-4-6(3-11)15-10-16-8(12)7-5-14-18-9(7)17-10/h3-5,11,13H,2H2,1H3,(H4,12,14,15,16,17,18)/b6-4+,11-3?. The maximum Gasteiger partial charge on any atom is 0.231 e. The summed E-state index contributed by atoms with van der Waals surface area (Å²) in [5.41, 5.74) is 6.87. The van der Waals surface area contributed by atoms with Crippen molar-refractivity contribution < 1.29 is 0 Å². The van der Waals surface area contributed by atoms with Gasteiger partial charge in [0.25, 0.3) is 0 Å². The number of aromatic amines is 1. The second kappa shape index (κ2) is 5.13. The lowest BCUT2D eigenvalue weighted by Gasteiger charge is -2.06. The van der Waals surface area contributed by atoms with Crippen LogP contribution in [-0.2, 0) is 0 Å². The fourth-order valence-electron chi connectivity index (χ4n) is 1.37. The molecule has 2 aromatic rings. The molecule has 0 aliphatic heterocycles. The van der Waals surface area contributed by atoms with E-state index in [1.807, 2.05) is 6.92 Å². The zero-order valence-electron chi connectivity index (χ0n) is 9.86. The van der Waals surface area contributed by atoms with E-state index in [1.54, 1.807) is 12.4 Å². The van der Waals surface area contributed by atoms with Crippen LogP contribution in [0.1, 0.15) is 6.92 Å². The molecule has 0 unspecified atom stereocenters. The van der Waals surface area contributed by atoms with Crippen LogP contribution in [0.2, 0.25) is 0 Å². The molecule has 0 saturated carbocycles. The van der Waals surface area contributed by atoms with E-state index in [1.165, 1.54) is 6.21 Å². The highest BCUT2D eigenvalue weighted by atomic mass is 15.2. The zero-order valence-corrected chi connectivity index (χ0v) is 9.86. The Bertz CT molecular complexity index is 585. The van der Waals surface area contributed by atoms with E-state index < -0.39 is 0 Å².